The first-order valence-electron chi connectivity index (χ1n) is 8.92. The van der Waals surface area contributed by atoms with Gasteiger partial charge in [-0.15, -0.1) is 0 Å². The van der Waals surface area contributed by atoms with Gasteiger partial charge in [0.1, 0.15) is 23.8 Å². The first-order chi connectivity index (χ1) is 12.2. The largest absolute Gasteiger partial charge is 0.481 e. The Hall–Kier alpha value is -2.16. The molecule has 0 saturated carbocycles. The van der Waals surface area contributed by atoms with Crippen molar-refractivity contribution in [2.45, 2.75) is 64.8 Å². The standard InChI is InChI=1S/C18H28N2O7/c1-17(2,3)26-10(21)8-20-13-9(7-19-12(13)14(20)22)11(15(23)24)16(25)27-18(4,5)6/h9,11-13,19H,7-8H2,1-6H3,(H,23,24)/t9-,11-,12?,13+/m0/s1. The smallest absolute Gasteiger partial charge is 0.326 e. The van der Waals surface area contributed by atoms with Crippen molar-refractivity contribution < 1.29 is 33.8 Å². The fraction of sp³-hybridized carbons (Fsp3) is 0.778. The van der Waals surface area contributed by atoms with Crippen molar-refractivity contribution in [3.8, 4) is 0 Å². The van der Waals surface area contributed by atoms with Crippen LogP contribution in [0, 0.1) is 11.8 Å². The molecular formula is C18H28N2O7. The average Bonchev–Trinajstić information content (AvgIpc) is 2.80. The number of nitrogens with one attached hydrogen (secondary N) is 1. The maximum Gasteiger partial charge on any atom is 0.326 e. The van der Waals surface area contributed by atoms with Gasteiger partial charge in [-0.1, -0.05) is 0 Å². The number of carboxylic acids is 1. The fourth-order valence-electron chi connectivity index (χ4n) is 3.47. The normalized spacial score (nSPS) is 26.1. The zero-order valence-electron chi connectivity index (χ0n) is 16.6. The maximum absolute atomic E-state index is 12.4. The highest BCUT2D eigenvalue weighted by Gasteiger charge is 2.60. The monoisotopic (exact) mass is 384 g/mol. The molecule has 152 valence electrons. The summed E-state index contributed by atoms with van der Waals surface area (Å²) < 4.78 is 10.5. The van der Waals surface area contributed by atoms with Gasteiger partial charge in [0.15, 0.2) is 5.92 Å². The molecule has 0 aromatic rings. The molecule has 0 aromatic carbocycles. The van der Waals surface area contributed by atoms with E-state index in [-0.39, 0.29) is 19.0 Å². The van der Waals surface area contributed by atoms with Gasteiger partial charge in [-0.05, 0) is 41.5 Å². The molecule has 2 fully saturated rings. The van der Waals surface area contributed by atoms with Gasteiger partial charge in [0, 0.05) is 12.5 Å². The molecule has 27 heavy (non-hydrogen) atoms. The Morgan fingerprint density at radius 2 is 1.70 bits per heavy atom. The number of aliphatic carboxylic acids is 1. The summed E-state index contributed by atoms with van der Waals surface area (Å²) in [6.07, 6.45) is 0. The van der Waals surface area contributed by atoms with E-state index in [2.05, 4.69) is 5.32 Å². The van der Waals surface area contributed by atoms with Crippen LogP contribution in [0.25, 0.3) is 0 Å². The quantitative estimate of drug-likeness (QED) is 0.391. The molecule has 2 saturated heterocycles. The third-order valence-electron chi connectivity index (χ3n) is 4.34. The van der Waals surface area contributed by atoms with Gasteiger partial charge < -0.3 is 24.8 Å². The molecule has 2 N–H and O–H groups in total. The first kappa shape index (κ1) is 21.1. The van der Waals surface area contributed by atoms with Gasteiger partial charge in [0.05, 0.1) is 6.04 Å². The van der Waals surface area contributed by atoms with E-state index in [1.807, 2.05) is 0 Å². The van der Waals surface area contributed by atoms with Crippen molar-refractivity contribution in [2.24, 2.45) is 11.8 Å². The minimum absolute atomic E-state index is 0.169. The minimum Gasteiger partial charge on any atom is -0.481 e. The van der Waals surface area contributed by atoms with Crippen LogP contribution in [0.4, 0.5) is 0 Å². The number of amides is 1. The minimum atomic E-state index is -1.43. The van der Waals surface area contributed by atoms with Gasteiger partial charge in [-0.3, -0.25) is 19.2 Å². The van der Waals surface area contributed by atoms with E-state index < -0.39 is 53.0 Å². The Morgan fingerprint density at radius 3 is 2.19 bits per heavy atom. The van der Waals surface area contributed by atoms with Crippen LogP contribution in [-0.2, 0) is 28.7 Å². The molecule has 9 heteroatoms. The molecule has 4 atom stereocenters. The molecule has 0 spiro atoms. The lowest BCUT2D eigenvalue weighted by Crippen LogP contribution is -2.69. The van der Waals surface area contributed by atoms with Crippen molar-refractivity contribution >= 4 is 23.8 Å². The summed E-state index contributed by atoms with van der Waals surface area (Å²) in [7, 11) is 0. The molecule has 2 rings (SSSR count). The van der Waals surface area contributed by atoms with E-state index in [9.17, 15) is 24.3 Å². The summed E-state index contributed by atoms with van der Waals surface area (Å²) >= 11 is 0. The van der Waals surface area contributed by atoms with Gasteiger partial charge >= 0.3 is 17.9 Å². The Kier molecular flexibility index (Phi) is 5.56. The highest BCUT2D eigenvalue weighted by Crippen LogP contribution is 2.37. The van der Waals surface area contributed by atoms with Crippen LogP contribution in [0.2, 0.25) is 0 Å². The second-order valence-corrected chi connectivity index (χ2v) is 8.94. The van der Waals surface area contributed by atoms with Gasteiger partial charge in [0.2, 0.25) is 5.91 Å². The lowest BCUT2D eigenvalue weighted by Gasteiger charge is -2.45. The second-order valence-electron chi connectivity index (χ2n) is 8.94. The number of ether oxygens (including phenoxy) is 2. The van der Waals surface area contributed by atoms with Gasteiger partial charge in [-0.25, -0.2) is 0 Å². The van der Waals surface area contributed by atoms with Crippen LogP contribution in [0.5, 0.6) is 0 Å². The molecule has 0 aromatic heterocycles. The number of hydrogen-bond acceptors (Lipinski definition) is 7. The lowest BCUT2D eigenvalue weighted by atomic mass is 9.80. The second kappa shape index (κ2) is 7.10. The number of hydrogen-bond donors (Lipinski definition) is 2. The molecule has 2 heterocycles. The number of carbonyl (C=O) groups excluding carboxylic acids is 3. The SMILES string of the molecule is CC(C)(C)OC(=O)CN1C(=O)C2NC[C@@H]([C@@H](C(=O)O)C(=O)OC(C)(C)C)[C@H]21. The van der Waals surface area contributed by atoms with Gasteiger partial charge in [-0.2, -0.15) is 0 Å². The Bertz CT molecular complexity index is 647. The number of fused-ring (bicyclic) bond motifs is 1. The van der Waals surface area contributed by atoms with Crippen LogP contribution in [0.1, 0.15) is 41.5 Å². The van der Waals surface area contributed by atoms with E-state index >= 15 is 0 Å². The first-order valence-corrected chi connectivity index (χ1v) is 8.92. The summed E-state index contributed by atoms with van der Waals surface area (Å²) in [5.74, 6) is -5.17. The van der Waals surface area contributed by atoms with E-state index in [1.165, 1.54) is 4.90 Å². The summed E-state index contributed by atoms with van der Waals surface area (Å²) in [5.41, 5.74) is -1.53. The molecule has 1 unspecified atom stereocenters. The highest BCUT2D eigenvalue weighted by atomic mass is 16.6. The van der Waals surface area contributed by atoms with Crippen LogP contribution >= 0.6 is 0 Å². The van der Waals surface area contributed by atoms with Crippen molar-refractivity contribution in [2.75, 3.05) is 13.1 Å². The zero-order chi connectivity index (χ0) is 20.7. The van der Waals surface area contributed by atoms with Crippen LogP contribution in [-0.4, -0.2) is 70.2 Å². The van der Waals surface area contributed by atoms with E-state index in [0.29, 0.717) is 0 Å². The summed E-state index contributed by atoms with van der Waals surface area (Å²) in [4.78, 5) is 49.8. The molecule has 9 nitrogen and oxygen atoms in total. The van der Waals surface area contributed by atoms with Crippen molar-refractivity contribution in [1.82, 2.24) is 10.2 Å². The number of carboxylic acid groups (broad SMARTS) is 1. The molecule has 1 amide bonds. The van der Waals surface area contributed by atoms with Crippen molar-refractivity contribution in [3.05, 3.63) is 0 Å². The van der Waals surface area contributed by atoms with Crippen molar-refractivity contribution in [3.63, 3.8) is 0 Å². The lowest BCUT2D eigenvalue weighted by molar-refractivity contribution is -0.175. The van der Waals surface area contributed by atoms with Gasteiger partial charge in [0.25, 0.3) is 0 Å². The molecule has 2 aliphatic heterocycles. The fourth-order valence-corrected chi connectivity index (χ4v) is 3.47. The molecule has 0 bridgehead atoms. The number of β-lactam (4-membered cyclic amide) rings is 1. The average molecular weight is 384 g/mol. The van der Waals surface area contributed by atoms with E-state index in [0.717, 1.165) is 0 Å². The van der Waals surface area contributed by atoms with Crippen LogP contribution in [0.15, 0.2) is 0 Å². The third kappa shape index (κ3) is 4.77. The number of rotatable bonds is 5. The van der Waals surface area contributed by atoms with Crippen molar-refractivity contribution in [1.29, 1.82) is 0 Å². The van der Waals surface area contributed by atoms with E-state index in [1.54, 1.807) is 41.5 Å². The summed E-state index contributed by atoms with van der Waals surface area (Å²) in [5, 5.41) is 12.5. The Labute approximate surface area is 158 Å². The zero-order valence-corrected chi connectivity index (χ0v) is 16.6. The number of carbonyl (C=O) groups is 4. The topological polar surface area (TPSA) is 122 Å². The molecule has 2 aliphatic rings. The van der Waals surface area contributed by atoms with Crippen LogP contribution in [0.3, 0.4) is 0 Å². The molecule has 0 radical (unpaired) electrons. The number of esters is 2. The number of nitrogens with zero attached hydrogens (tertiary/aromatic N) is 1. The molecular weight excluding hydrogens is 356 g/mol. The Morgan fingerprint density at radius 1 is 1.15 bits per heavy atom. The van der Waals surface area contributed by atoms with E-state index in [4.69, 9.17) is 9.47 Å². The highest BCUT2D eigenvalue weighted by molar-refractivity contribution is 5.97. The predicted molar refractivity (Wildman–Crippen MR) is 93.6 cm³/mol. The van der Waals surface area contributed by atoms with Crippen LogP contribution < -0.4 is 5.32 Å². The third-order valence-corrected chi connectivity index (χ3v) is 4.34. The summed E-state index contributed by atoms with van der Waals surface area (Å²) in [6, 6.07) is -1.17. The number of likely N-dealkylation sites (tertiary alicyclic amines) is 1. The predicted octanol–water partition coefficient (Wildman–Crippen LogP) is 0.169. The maximum atomic E-state index is 12.4. The Balaban J connectivity index is 2.15. The summed E-state index contributed by atoms with van der Waals surface area (Å²) in [6.45, 7) is 10.00. The molecule has 0 aliphatic carbocycles.